The number of carbonyl (C=O) groups excluding carboxylic acids is 2. The van der Waals surface area contributed by atoms with Crippen LogP contribution in [0.4, 0.5) is 11.4 Å². The number of amides is 1. The summed E-state index contributed by atoms with van der Waals surface area (Å²) in [5, 5.41) is 11.8. The van der Waals surface area contributed by atoms with E-state index in [2.05, 4.69) is 0 Å². The van der Waals surface area contributed by atoms with Gasteiger partial charge in [0.25, 0.3) is 11.7 Å². The Balaban J connectivity index is 1.95. The molecule has 3 aromatic carbocycles. The summed E-state index contributed by atoms with van der Waals surface area (Å²) in [5.41, 5.74) is 3.42. The molecule has 0 aliphatic carbocycles. The first-order valence-corrected chi connectivity index (χ1v) is 11.1. The van der Waals surface area contributed by atoms with Crippen molar-refractivity contribution in [2.45, 2.75) is 13.0 Å². The number of Topliss-reactive ketones (excluding diaryl/α,β-unsaturated/α-hetero) is 1. The van der Waals surface area contributed by atoms with Gasteiger partial charge < -0.3 is 10.0 Å². The first-order chi connectivity index (χ1) is 15.7. The van der Waals surface area contributed by atoms with Crippen molar-refractivity contribution in [2.75, 3.05) is 23.9 Å². The highest BCUT2D eigenvalue weighted by Gasteiger charge is 2.47. The number of benzene rings is 3. The summed E-state index contributed by atoms with van der Waals surface area (Å²) in [4.78, 5) is 29.9. The molecule has 0 radical (unpaired) electrons. The van der Waals surface area contributed by atoms with Crippen molar-refractivity contribution < 1.29 is 14.7 Å². The van der Waals surface area contributed by atoms with Crippen molar-refractivity contribution in [3.63, 3.8) is 0 Å². The van der Waals surface area contributed by atoms with Gasteiger partial charge in [0, 0.05) is 31.0 Å². The number of hydrogen-bond donors (Lipinski definition) is 1. The molecular weight excluding hydrogens is 459 g/mol. The van der Waals surface area contributed by atoms with Crippen LogP contribution in [0.3, 0.4) is 0 Å². The fourth-order valence-electron chi connectivity index (χ4n) is 3.98. The first-order valence-electron chi connectivity index (χ1n) is 10.3. The molecule has 1 fully saturated rings. The third-order valence-electron chi connectivity index (χ3n) is 5.74. The Labute approximate surface area is 202 Å². The van der Waals surface area contributed by atoms with Crippen LogP contribution in [0.2, 0.25) is 10.0 Å². The van der Waals surface area contributed by atoms with Gasteiger partial charge in [-0.3, -0.25) is 14.5 Å². The molecule has 1 amide bonds. The Kier molecular flexibility index (Phi) is 6.19. The maximum Gasteiger partial charge on any atom is 0.300 e. The topological polar surface area (TPSA) is 60.9 Å². The zero-order valence-electron chi connectivity index (χ0n) is 18.3. The summed E-state index contributed by atoms with van der Waals surface area (Å²) in [6, 6.07) is 18.7. The van der Waals surface area contributed by atoms with Gasteiger partial charge in [-0.05, 0) is 54.4 Å². The van der Waals surface area contributed by atoms with Gasteiger partial charge in [0.05, 0.1) is 21.7 Å². The number of halogens is 2. The van der Waals surface area contributed by atoms with Gasteiger partial charge in [-0.2, -0.15) is 0 Å². The molecule has 1 atom stereocenters. The van der Waals surface area contributed by atoms with Gasteiger partial charge >= 0.3 is 0 Å². The second kappa shape index (κ2) is 8.93. The van der Waals surface area contributed by atoms with Gasteiger partial charge in [-0.15, -0.1) is 0 Å². The molecule has 0 saturated carbocycles. The van der Waals surface area contributed by atoms with Crippen LogP contribution in [0.5, 0.6) is 0 Å². The Morgan fingerprint density at radius 1 is 0.939 bits per heavy atom. The summed E-state index contributed by atoms with van der Waals surface area (Å²) in [6.07, 6.45) is 0. The molecule has 33 heavy (non-hydrogen) atoms. The number of aryl methyl sites for hydroxylation is 1. The van der Waals surface area contributed by atoms with Crippen LogP contribution in [-0.2, 0) is 9.59 Å². The molecule has 3 aromatic rings. The largest absolute Gasteiger partial charge is 0.507 e. The number of carbonyl (C=O) groups is 2. The van der Waals surface area contributed by atoms with E-state index in [9.17, 15) is 14.7 Å². The van der Waals surface area contributed by atoms with E-state index in [0.29, 0.717) is 21.8 Å². The van der Waals surface area contributed by atoms with Gasteiger partial charge in [0.15, 0.2) is 0 Å². The second-order valence-electron chi connectivity index (χ2n) is 8.07. The van der Waals surface area contributed by atoms with E-state index in [0.717, 1.165) is 11.3 Å². The third-order valence-corrected chi connectivity index (χ3v) is 6.48. The van der Waals surface area contributed by atoms with Crippen LogP contribution in [0.15, 0.2) is 72.3 Å². The number of hydrogen-bond acceptors (Lipinski definition) is 4. The molecule has 1 saturated heterocycles. The summed E-state index contributed by atoms with van der Waals surface area (Å²) < 4.78 is 0. The van der Waals surface area contributed by atoms with E-state index in [1.807, 2.05) is 68.4 Å². The van der Waals surface area contributed by atoms with E-state index >= 15 is 0 Å². The first kappa shape index (κ1) is 22.9. The van der Waals surface area contributed by atoms with E-state index in [4.69, 9.17) is 23.2 Å². The molecule has 5 nitrogen and oxygen atoms in total. The van der Waals surface area contributed by atoms with Crippen LogP contribution >= 0.6 is 23.2 Å². The maximum absolute atomic E-state index is 13.3. The number of para-hydroxylation sites is 1. The van der Waals surface area contributed by atoms with Gasteiger partial charge in [0.1, 0.15) is 5.76 Å². The second-order valence-corrected chi connectivity index (χ2v) is 8.88. The van der Waals surface area contributed by atoms with Crippen LogP contribution in [0, 0.1) is 6.92 Å². The van der Waals surface area contributed by atoms with Crippen molar-refractivity contribution in [1.29, 1.82) is 0 Å². The van der Waals surface area contributed by atoms with Gasteiger partial charge in [-0.25, -0.2) is 0 Å². The number of aliphatic hydroxyl groups is 1. The lowest BCUT2D eigenvalue weighted by Gasteiger charge is -2.27. The number of anilines is 2. The van der Waals surface area contributed by atoms with Gasteiger partial charge in [-0.1, -0.05) is 53.5 Å². The van der Waals surface area contributed by atoms with Crippen LogP contribution < -0.4 is 9.80 Å². The Morgan fingerprint density at radius 2 is 1.61 bits per heavy atom. The minimum atomic E-state index is -0.809. The Bertz CT molecular complexity index is 1280. The highest BCUT2D eigenvalue weighted by atomic mass is 35.5. The Hall–Kier alpha value is -3.28. The molecule has 4 rings (SSSR count). The van der Waals surface area contributed by atoms with Crippen molar-refractivity contribution in [3.8, 4) is 0 Å². The fourth-order valence-corrected chi connectivity index (χ4v) is 4.28. The molecule has 1 unspecified atom stereocenters. The summed E-state index contributed by atoms with van der Waals surface area (Å²) in [5.74, 6) is -1.76. The maximum atomic E-state index is 13.3. The standard InChI is InChI=1S/C26H22Cl2N2O3/c1-15-6-4-5-7-21(15)30-23(16-8-11-18(12-9-16)29(2)3)22(25(32)26(30)33)24(31)17-10-13-19(27)20(28)14-17/h4-14,23,31H,1-3H3/b24-22-. The minimum Gasteiger partial charge on any atom is -0.507 e. The molecule has 1 N–H and O–H groups in total. The fraction of sp³-hybridized carbons (Fsp3) is 0.154. The Morgan fingerprint density at radius 3 is 2.21 bits per heavy atom. The predicted octanol–water partition coefficient (Wildman–Crippen LogP) is 5.99. The average molecular weight is 481 g/mol. The molecule has 1 heterocycles. The lowest BCUT2D eigenvalue weighted by Crippen LogP contribution is -2.30. The quantitative estimate of drug-likeness (QED) is 0.282. The molecule has 7 heteroatoms. The SMILES string of the molecule is Cc1ccccc1N1C(=O)C(=O)/C(=C(\O)c2ccc(Cl)c(Cl)c2)C1c1ccc(N(C)C)cc1. The van der Waals surface area contributed by atoms with Crippen molar-refractivity contribution in [2.24, 2.45) is 0 Å². The van der Waals surface area contributed by atoms with Crippen molar-refractivity contribution >= 4 is 52.0 Å². The van der Waals surface area contributed by atoms with Crippen molar-refractivity contribution in [3.05, 3.63) is 99.0 Å². The van der Waals surface area contributed by atoms with Crippen molar-refractivity contribution in [1.82, 2.24) is 0 Å². The number of ketones is 1. The van der Waals surface area contributed by atoms with Crippen LogP contribution in [0.1, 0.15) is 22.7 Å². The third kappa shape index (κ3) is 4.10. The molecular formula is C26H22Cl2N2O3. The monoisotopic (exact) mass is 480 g/mol. The summed E-state index contributed by atoms with van der Waals surface area (Å²) >= 11 is 12.2. The smallest absolute Gasteiger partial charge is 0.300 e. The molecule has 0 aromatic heterocycles. The number of rotatable bonds is 4. The van der Waals surface area contributed by atoms with Gasteiger partial charge in [0.2, 0.25) is 0 Å². The molecule has 0 spiro atoms. The van der Waals surface area contributed by atoms with Crippen LogP contribution in [-0.4, -0.2) is 30.9 Å². The molecule has 1 aliphatic rings. The zero-order valence-corrected chi connectivity index (χ0v) is 19.9. The van der Waals surface area contributed by atoms with E-state index in [1.165, 1.54) is 17.0 Å². The molecule has 168 valence electrons. The minimum absolute atomic E-state index is 0.000699. The summed E-state index contributed by atoms with van der Waals surface area (Å²) in [7, 11) is 3.86. The number of aliphatic hydroxyl groups excluding tert-OH is 1. The predicted molar refractivity (Wildman–Crippen MR) is 133 cm³/mol. The van der Waals surface area contributed by atoms with E-state index in [1.54, 1.807) is 12.1 Å². The highest BCUT2D eigenvalue weighted by Crippen LogP contribution is 2.43. The highest BCUT2D eigenvalue weighted by molar-refractivity contribution is 6.52. The molecule has 1 aliphatic heterocycles. The zero-order chi connectivity index (χ0) is 23.9. The van der Waals surface area contributed by atoms with Crippen LogP contribution in [0.25, 0.3) is 5.76 Å². The van der Waals surface area contributed by atoms with E-state index in [-0.39, 0.29) is 16.4 Å². The molecule has 0 bridgehead atoms. The summed E-state index contributed by atoms with van der Waals surface area (Å²) in [6.45, 7) is 1.87. The lowest BCUT2D eigenvalue weighted by atomic mass is 9.94. The average Bonchev–Trinajstić information content (AvgIpc) is 3.06. The lowest BCUT2D eigenvalue weighted by molar-refractivity contribution is -0.132. The van der Waals surface area contributed by atoms with E-state index < -0.39 is 17.7 Å². The normalized spacial score (nSPS) is 17.5. The number of nitrogens with zero attached hydrogens (tertiary/aromatic N) is 2.